The molecule has 0 spiro atoms. The second-order valence-electron chi connectivity index (χ2n) is 6.55. The molecule has 0 saturated heterocycles. The number of unbranched alkanes of at least 4 members (excludes halogenated alkanes) is 9. The predicted octanol–water partition coefficient (Wildman–Crippen LogP) is 4.97. The van der Waals surface area contributed by atoms with Gasteiger partial charge in [-0.15, -0.1) is 0 Å². The van der Waals surface area contributed by atoms with Crippen LogP contribution >= 0.6 is 0 Å². The third-order valence-corrected chi connectivity index (χ3v) is 4.23. The molecule has 1 aromatic rings. The molecule has 0 aliphatic rings. The maximum atomic E-state index is 4.16. The lowest BCUT2D eigenvalue weighted by Crippen LogP contribution is -2.22. The Balaban J connectivity index is 1.80. The van der Waals surface area contributed by atoms with Crippen LogP contribution < -0.4 is 10.6 Å². The monoisotopic (exact) mass is 372 g/mol. The first-order valence-electron chi connectivity index (χ1n) is 10.3. The summed E-state index contributed by atoms with van der Waals surface area (Å²) in [4.78, 5) is 16.3. The number of aliphatic imine (C=N–C) groups is 2. The van der Waals surface area contributed by atoms with Crippen LogP contribution in [0.25, 0.3) is 0 Å². The summed E-state index contributed by atoms with van der Waals surface area (Å²) in [6.45, 7) is 7.33. The number of hydrogen-bond donors (Lipinski definition) is 2. The van der Waals surface area contributed by atoms with Gasteiger partial charge in [0.05, 0.1) is 0 Å². The van der Waals surface area contributed by atoms with Crippen LogP contribution in [0.3, 0.4) is 0 Å². The van der Waals surface area contributed by atoms with Gasteiger partial charge in [-0.25, -0.2) is 20.0 Å². The van der Waals surface area contributed by atoms with Gasteiger partial charge >= 0.3 is 0 Å². The van der Waals surface area contributed by atoms with Crippen LogP contribution in [0, 0.1) is 0 Å². The smallest absolute Gasteiger partial charge is 0.222 e. The summed E-state index contributed by atoms with van der Waals surface area (Å²) in [7, 11) is 0. The lowest BCUT2D eigenvalue weighted by atomic mass is 10.1. The SMILES string of the molecule is C=N/C(=N\C=C/C)NCCCCCCCCCCCCNc1ncccn1. The number of nitrogens with zero attached hydrogens (tertiary/aromatic N) is 4. The number of aromatic nitrogens is 2. The summed E-state index contributed by atoms with van der Waals surface area (Å²) >= 11 is 0. The van der Waals surface area contributed by atoms with E-state index in [1.165, 1.54) is 57.8 Å². The van der Waals surface area contributed by atoms with Crippen LogP contribution in [0.4, 0.5) is 5.95 Å². The number of guanidine groups is 1. The van der Waals surface area contributed by atoms with Gasteiger partial charge in [-0.05, 0) is 32.5 Å². The lowest BCUT2D eigenvalue weighted by Gasteiger charge is -2.05. The Morgan fingerprint density at radius 2 is 1.48 bits per heavy atom. The summed E-state index contributed by atoms with van der Waals surface area (Å²) < 4.78 is 0. The van der Waals surface area contributed by atoms with E-state index < -0.39 is 0 Å². The molecule has 0 unspecified atom stereocenters. The van der Waals surface area contributed by atoms with Crippen LogP contribution in [0.15, 0.2) is 40.7 Å². The molecule has 0 aliphatic heterocycles. The average Bonchev–Trinajstić information content (AvgIpc) is 2.71. The Hall–Kier alpha value is -2.24. The van der Waals surface area contributed by atoms with E-state index in [0.29, 0.717) is 5.96 Å². The van der Waals surface area contributed by atoms with Gasteiger partial charge in [0.2, 0.25) is 11.9 Å². The number of nitrogens with one attached hydrogen (secondary N) is 2. The highest BCUT2D eigenvalue weighted by Crippen LogP contribution is 2.10. The Morgan fingerprint density at radius 3 is 2.04 bits per heavy atom. The largest absolute Gasteiger partial charge is 0.354 e. The highest BCUT2D eigenvalue weighted by molar-refractivity contribution is 5.84. The van der Waals surface area contributed by atoms with E-state index in [4.69, 9.17) is 0 Å². The van der Waals surface area contributed by atoms with Gasteiger partial charge in [-0.2, -0.15) is 0 Å². The quantitative estimate of drug-likeness (QED) is 0.259. The molecule has 150 valence electrons. The molecular weight excluding hydrogens is 336 g/mol. The number of rotatable bonds is 15. The molecule has 2 N–H and O–H groups in total. The van der Waals surface area contributed by atoms with Gasteiger partial charge in [0.15, 0.2) is 0 Å². The first-order valence-corrected chi connectivity index (χ1v) is 10.3. The third-order valence-electron chi connectivity index (χ3n) is 4.23. The number of allylic oxidation sites excluding steroid dienone is 1. The van der Waals surface area contributed by atoms with Crippen LogP contribution in [0.1, 0.15) is 71.1 Å². The molecule has 0 aromatic carbocycles. The van der Waals surface area contributed by atoms with Crippen LogP contribution in [-0.2, 0) is 0 Å². The molecule has 0 radical (unpaired) electrons. The Morgan fingerprint density at radius 1 is 0.926 bits per heavy atom. The van der Waals surface area contributed by atoms with Crippen LogP contribution in [0.5, 0.6) is 0 Å². The van der Waals surface area contributed by atoms with Crippen molar-refractivity contribution in [3.63, 3.8) is 0 Å². The minimum atomic E-state index is 0.611. The van der Waals surface area contributed by atoms with Gasteiger partial charge in [0.1, 0.15) is 0 Å². The topological polar surface area (TPSA) is 74.6 Å². The van der Waals surface area contributed by atoms with Crippen molar-refractivity contribution in [2.45, 2.75) is 71.1 Å². The van der Waals surface area contributed by atoms with E-state index in [-0.39, 0.29) is 0 Å². The van der Waals surface area contributed by atoms with E-state index in [1.54, 1.807) is 18.6 Å². The van der Waals surface area contributed by atoms with Gasteiger partial charge in [-0.1, -0.05) is 57.4 Å². The third kappa shape index (κ3) is 13.6. The van der Waals surface area contributed by atoms with Gasteiger partial charge in [0, 0.05) is 31.7 Å². The molecule has 0 saturated carbocycles. The molecule has 0 amide bonds. The molecule has 6 heteroatoms. The van der Waals surface area contributed by atoms with Crippen molar-refractivity contribution < 1.29 is 0 Å². The van der Waals surface area contributed by atoms with Crippen molar-refractivity contribution >= 4 is 18.6 Å². The van der Waals surface area contributed by atoms with E-state index in [1.807, 2.05) is 19.1 Å². The molecule has 0 aliphatic carbocycles. The number of anilines is 1. The van der Waals surface area contributed by atoms with Gasteiger partial charge in [0.25, 0.3) is 0 Å². The summed E-state index contributed by atoms with van der Waals surface area (Å²) in [5.74, 6) is 1.34. The van der Waals surface area contributed by atoms with Crippen molar-refractivity contribution in [2.24, 2.45) is 9.98 Å². The average molecular weight is 373 g/mol. The maximum Gasteiger partial charge on any atom is 0.222 e. The molecule has 27 heavy (non-hydrogen) atoms. The molecule has 0 bridgehead atoms. The van der Waals surface area contributed by atoms with Crippen molar-refractivity contribution in [3.8, 4) is 0 Å². The van der Waals surface area contributed by atoms with Crippen LogP contribution in [0.2, 0.25) is 0 Å². The Kier molecular flexibility index (Phi) is 14.5. The fraction of sp³-hybridized carbons (Fsp3) is 0.619. The van der Waals surface area contributed by atoms with Crippen molar-refractivity contribution in [1.82, 2.24) is 15.3 Å². The van der Waals surface area contributed by atoms with Crippen molar-refractivity contribution in [2.75, 3.05) is 18.4 Å². The lowest BCUT2D eigenvalue weighted by molar-refractivity contribution is 0.552. The molecule has 0 fully saturated rings. The predicted molar refractivity (Wildman–Crippen MR) is 116 cm³/mol. The van der Waals surface area contributed by atoms with Gasteiger partial charge < -0.3 is 10.6 Å². The standard InChI is InChI=1S/C21H36N6/c1-3-15-23-20(22-2)24-16-12-10-8-6-4-5-7-9-11-13-17-25-21-26-18-14-19-27-21/h3,14-15,18-19H,2,4-13,16-17H2,1H3,(H,23,24)(H,25,26,27)/b15-3-. The molecule has 1 aromatic heterocycles. The first kappa shape index (κ1) is 22.8. The minimum Gasteiger partial charge on any atom is -0.354 e. The minimum absolute atomic E-state index is 0.611. The number of hydrogen-bond acceptors (Lipinski definition) is 4. The highest BCUT2D eigenvalue weighted by atomic mass is 15.1. The highest BCUT2D eigenvalue weighted by Gasteiger charge is 1.96. The Bertz CT molecular complexity index is 527. The van der Waals surface area contributed by atoms with Gasteiger partial charge in [-0.3, -0.25) is 0 Å². The van der Waals surface area contributed by atoms with E-state index in [2.05, 4.69) is 37.3 Å². The zero-order chi connectivity index (χ0) is 19.4. The summed E-state index contributed by atoms with van der Waals surface area (Å²) in [6, 6.07) is 1.83. The Labute approximate surface area is 164 Å². The zero-order valence-electron chi connectivity index (χ0n) is 16.9. The summed E-state index contributed by atoms with van der Waals surface area (Å²) in [5, 5.41) is 6.46. The van der Waals surface area contributed by atoms with E-state index >= 15 is 0 Å². The fourth-order valence-corrected chi connectivity index (χ4v) is 2.74. The molecule has 1 heterocycles. The fourth-order valence-electron chi connectivity index (χ4n) is 2.74. The molecule has 0 atom stereocenters. The molecule has 1 rings (SSSR count). The first-order chi connectivity index (χ1) is 13.4. The second kappa shape index (κ2) is 17.2. The van der Waals surface area contributed by atoms with Crippen LogP contribution in [-0.4, -0.2) is 35.7 Å². The van der Waals surface area contributed by atoms with Crippen molar-refractivity contribution in [1.29, 1.82) is 0 Å². The normalized spacial score (nSPS) is 11.7. The molecule has 6 nitrogen and oxygen atoms in total. The summed E-state index contributed by atoms with van der Waals surface area (Å²) in [6.07, 6.45) is 20.0. The second-order valence-corrected chi connectivity index (χ2v) is 6.55. The zero-order valence-corrected chi connectivity index (χ0v) is 16.9. The molecular formula is C21H36N6. The maximum absolute atomic E-state index is 4.16. The van der Waals surface area contributed by atoms with E-state index in [9.17, 15) is 0 Å². The van der Waals surface area contributed by atoms with Crippen molar-refractivity contribution in [3.05, 3.63) is 30.7 Å². The summed E-state index contributed by atoms with van der Waals surface area (Å²) in [5.41, 5.74) is 0. The van der Waals surface area contributed by atoms with E-state index in [0.717, 1.165) is 25.5 Å².